The van der Waals surface area contributed by atoms with E-state index in [9.17, 15) is 38.7 Å². The molecule has 46 heavy (non-hydrogen) atoms. The smallest absolute Gasteiger partial charge is 0.488 e. The molecule has 0 spiro atoms. The Balaban J connectivity index is 1.39. The van der Waals surface area contributed by atoms with E-state index >= 15 is 0 Å². The Labute approximate surface area is 280 Å². The minimum atomic E-state index is -2.19. The van der Waals surface area contributed by atoms with Crippen molar-refractivity contribution in [3.05, 3.63) is 94.2 Å². The molecule has 6 atom stereocenters. The monoisotopic (exact) mass is 726 g/mol. The number of phenols is 1. The van der Waals surface area contributed by atoms with Gasteiger partial charge in [0.2, 0.25) is 11.8 Å². The second-order valence-corrected chi connectivity index (χ2v) is 14.1. The molecular formula is C32H23BBrCl2FN2O7. The number of anilines is 2. The van der Waals surface area contributed by atoms with E-state index in [1.807, 2.05) is 0 Å². The van der Waals surface area contributed by atoms with Gasteiger partial charge in [-0.3, -0.25) is 24.1 Å². The summed E-state index contributed by atoms with van der Waals surface area (Å²) in [7, 11) is -1.83. The van der Waals surface area contributed by atoms with Crippen molar-refractivity contribution in [2.45, 2.75) is 28.5 Å². The number of halogens is 4. The molecule has 234 valence electrons. The van der Waals surface area contributed by atoms with Crippen LogP contribution in [0, 0.1) is 23.6 Å². The van der Waals surface area contributed by atoms with Crippen LogP contribution >= 0.6 is 39.1 Å². The molecule has 2 saturated heterocycles. The quantitative estimate of drug-likeness (QED) is 0.161. The molecule has 1 saturated carbocycles. The van der Waals surface area contributed by atoms with Gasteiger partial charge < -0.3 is 15.2 Å². The van der Waals surface area contributed by atoms with E-state index in [-0.39, 0.29) is 41.0 Å². The number of amides is 4. The molecule has 3 N–H and O–H groups in total. The van der Waals surface area contributed by atoms with Gasteiger partial charge in [0.25, 0.3) is 11.8 Å². The highest BCUT2D eigenvalue weighted by Crippen LogP contribution is 2.66. The van der Waals surface area contributed by atoms with Crippen LogP contribution in [-0.2, 0) is 19.2 Å². The Morgan fingerprint density at radius 1 is 0.870 bits per heavy atom. The molecule has 2 aliphatic carbocycles. The van der Waals surface area contributed by atoms with E-state index in [0.717, 1.165) is 21.9 Å². The summed E-state index contributed by atoms with van der Waals surface area (Å²) in [6.07, 6.45) is 1.54. The SMILES string of the molecule is O=C1C2CC=C3C(CC4(Cl)C(=O)N(c5ccc(F)cc5)C(=O)C4(Cl)C3c3cc(Br)ccc3O)C2C(=O)N1c1cccc(B(O)O)c1. The maximum atomic E-state index is 14.4. The lowest BCUT2D eigenvalue weighted by molar-refractivity contribution is -0.125. The standard InChI is InChI=1S/C32H23BBrCl2FN2O7/c34-16-4-11-24(40)22(13-16)26-20-9-10-21-25(28(42)38(27(21)41)19-3-1-2-15(12-19)33(45)46)23(20)14-31(35)29(43)39(30(44)32(26,31)36)18-7-5-17(37)6-8-18/h1-9,11-13,21,23,25-26,40,45-46H,10,14H2. The fraction of sp³-hybridized carbons (Fsp3) is 0.250. The van der Waals surface area contributed by atoms with Crippen LogP contribution in [0.15, 0.2) is 82.9 Å². The molecule has 4 aliphatic rings. The normalized spacial score (nSPS) is 30.3. The molecule has 7 rings (SSSR count). The number of hydrogen-bond donors (Lipinski definition) is 3. The number of aromatic hydroxyl groups is 1. The third kappa shape index (κ3) is 4.20. The summed E-state index contributed by atoms with van der Waals surface area (Å²) in [4.78, 5) is 54.2. The molecule has 2 aliphatic heterocycles. The third-order valence-electron chi connectivity index (χ3n) is 9.62. The number of rotatable bonds is 4. The Morgan fingerprint density at radius 3 is 2.28 bits per heavy atom. The van der Waals surface area contributed by atoms with Gasteiger partial charge in [-0.15, -0.1) is 23.2 Å². The molecule has 0 bridgehead atoms. The van der Waals surface area contributed by atoms with Gasteiger partial charge in [0.05, 0.1) is 23.2 Å². The van der Waals surface area contributed by atoms with Crippen molar-refractivity contribution >= 4 is 86.7 Å². The first kappa shape index (κ1) is 31.1. The van der Waals surface area contributed by atoms with Crippen LogP contribution in [0.1, 0.15) is 24.3 Å². The van der Waals surface area contributed by atoms with Gasteiger partial charge in [0.1, 0.15) is 11.6 Å². The van der Waals surface area contributed by atoms with E-state index in [1.54, 1.807) is 18.2 Å². The van der Waals surface area contributed by atoms with Crippen LogP contribution in [0.3, 0.4) is 0 Å². The molecule has 3 fully saturated rings. The van der Waals surface area contributed by atoms with Gasteiger partial charge in [0.15, 0.2) is 9.75 Å². The number of imide groups is 2. The van der Waals surface area contributed by atoms with Crippen LogP contribution in [0.5, 0.6) is 5.75 Å². The van der Waals surface area contributed by atoms with Crippen LogP contribution in [0.2, 0.25) is 0 Å². The molecule has 0 radical (unpaired) electrons. The largest absolute Gasteiger partial charge is 0.508 e. The lowest BCUT2D eigenvalue weighted by Gasteiger charge is -2.50. The molecular weight excluding hydrogens is 705 g/mol. The molecule has 6 unspecified atom stereocenters. The Hall–Kier alpha value is -3.55. The average molecular weight is 728 g/mol. The number of alkyl halides is 2. The van der Waals surface area contributed by atoms with Crippen molar-refractivity contribution in [2.24, 2.45) is 17.8 Å². The highest BCUT2D eigenvalue weighted by Gasteiger charge is 2.77. The summed E-state index contributed by atoms with van der Waals surface area (Å²) in [5, 5.41) is 30.5. The van der Waals surface area contributed by atoms with Gasteiger partial charge in [-0.05, 0) is 78.8 Å². The summed E-state index contributed by atoms with van der Waals surface area (Å²) in [5.41, 5.74) is 0.935. The van der Waals surface area contributed by atoms with E-state index in [1.165, 1.54) is 42.5 Å². The second-order valence-electron chi connectivity index (χ2n) is 11.9. The first-order valence-electron chi connectivity index (χ1n) is 14.3. The number of allylic oxidation sites excluding steroid dienone is 2. The highest BCUT2D eigenvalue weighted by molar-refractivity contribution is 9.10. The molecule has 3 aromatic rings. The highest BCUT2D eigenvalue weighted by atomic mass is 79.9. The number of fused-ring (bicyclic) bond motifs is 4. The predicted octanol–water partition coefficient (Wildman–Crippen LogP) is 3.74. The van der Waals surface area contributed by atoms with Crippen molar-refractivity contribution < 1.29 is 38.7 Å². The van der Waals surface area contributed by atoms with Crippen molar-refractivity contribution in [3.63, 3.8) is 0 Å². The van der Waals surface area contributed by atoms with Gasteiger partial charge >= 0.3 is 7.12 Å². The zero-order valence-electron chi connectivity index (χ0n) is 23.6. The summed E-state index contributed by atoms with van der Waals surface area (Å²) in [6, 6.07) is 15.0. The lowest BCUT2D eigenvalue weighted by atomic mass is 9.56. The fourth-order valence-corrected chi connectivity index (χ4v) is 8.89. The van der Waals surface area contributed by atoms with E-state index in [4.69, 9.17) is 23.2 Å². The first-order valence-corrected chi connectivity index (χ1v) is 15.9. The van der Waals surface area contributed by atoms with E-state index < -0.39 is 70.0 Å². The molecule has 0 aromatic heterocycles. The average Bonchev–Trinajstić information content (AvgIpc) is 3.37. The molecule has 2 heterocycles. The van der Waals surface area contributed by atoms with Gasteiger partial charge in [-0.2, -0.15) is 0 Å². The summed E-state index contributed by atoms with van der Waals surface area (Å²) >= 11 is 18.0. The fourth-order valence-electron chi connectivity index (χ4n) is 7.58. The first-order chi connectivity index (χ1) is 21.8. The predicted molar refractivity (Wildman–Crippen MR) is 171 cm³/mol. The zero-order valence-corrected chi connectivity index (χ0v) is 26.7. The number of phenolic OH excluding ortho intramolecular Hbond substituents is 1. The van der Waals surface area contributed by atoms with Crippen LogP contribution < -0.4 is 15.3 Å². The Kier molecular flexibility index (Phi) is 7.26. The number of carbonyl (C=O) groups is 4. The Morgan fingerprint density at radius 2 is 1.59 bits per heavy atom. The maximum Gasteiger partial charge on any atom is 0.488 e. The number of benzene rings is 3. The van der Waals surface area contributed by atoms with E-state index in [0.29, 0.717) is 10.0 Å². The topological polar surface area (TPSA) is 135 Å². The summed E-state index contributed by atoms with van der Waals surface area (Å²) in [5.74, 6) is -7.58. The van der Waals surface area contributed by atoms with Crippen molar-refractivity contribution in [3.8, 4) is 5.75 Å². The summed E-state index contributed by atoms with van der Waals surface area (Å²) in [6.45, 7) is 0. The molecule has 14 heteroatoms. The molecule has 4 amide bonds. The van der Waals surface area contributed by atoms with Crippen molar-refractivity contribution in [1.29, 1.82) is 0 Å². The van der Waals surface area contributed by atoms with Crippen molar-refractivity contribution in [2.75, 3.05) is 9.80 Å². The van der Waals surface area contributed by atoms with Crippen LogP contribution in [0.25, 0.3) is 0 Å². The van der Waals surface area contributed by atoms with Crippen molar-refractivity contribution in [1.82, 2.24) is 0 Å². The Bertz CT molecular complexity index is 1890. The third-order valence-corrected chi connectivity index (χ3v) is 11.5. The zero-order chi connectivity index (χ0) is 32.9. The van der Waals surface area contributed by atoms with Crippen LogP contribution in [-0.4, -0.2) is 55.7 Å². The lowest BCUT2D eigenvalue weighted by Crippen LogP contribution is -2.60. The van der Waals surface area contributed by atoms with E-state index in [2.05, 4.69) is 15.9 Å². The molecule has 3 aromatic carbocycles. The minimum Gasteiger partial charge on any atom is -0.508 e. The number of carbonyl (C=O) groups excluding carboxylic acids is 4. The van der Waals surface area contributed by atoms with Gasteiger partial charge in [-0.25, -0.2) is 9.29 Å². The molecule has 9 nitrogen and oxygen atoms in total. The number of hydrogen-bond acceptors (Lipinski definition) is 7. The maximum absolute atomic E-state index is 14.4. The second kappa shape index (κ2) is 10.7. The minimum absolute atomic E-state index is 0.0436. The van der Waals surface area contributed by atoms with Gasteiger partial charge in [-0.1, -0.05) is 39.7 Å². The van der Waals surface area contributed by atoms with Crippen LogP contribution in [0.4, 0.5) is 15.8 Å². The summed E-state index contributed by atoms with van der Waals surface area (Å²) < 4.78 is 14.4. The van der Waals surface area contributed by atoms with Gasteiger partial charge in [0, 0.05) is 16.0 Å². The number of nitrogens with zero attached hydrogens (tertiary/aromatic N) is 2.